The molecule has 5 rings (SSSR count). The molecule has 0 aliphatic carbocycles. The normalized spacial score (nSPS) is 15.2. The molecule has 1 N–H and O–H groups in total. The van der Waals surface area contributed by atoms with E-state index < -0.39 is 17.7 Å². The lowest BCUT2D eigenvalue weighted by molar-refractivity contribution is 0.264. The Bertz CT molecular complexity index is 1330. The average Bonchev–Trinajstić information content (AvgIpc) is 3.19. The number of fused-ring (bicyclic) bond motifs is 1. The van der Waals surface area contributed by atoms with E-state index in [1.165, 1.54) is 12.1 Å². The van der Waals surface area contributed by atoms with E-state index in [0.29, 0.717) is 39.6 Å². The van der Waals surface area contributed by atoms with E-state index in [2.05, 4.69) is 25.3 Å². The Kier molecular flexibility index (Phi) is 5.29. The lowest BCUT2D eigenvalue weighted by Crippen LogP contribution is -2.34. The second-order valence-electron chi connectivity index (χ2n) is 7.60. The van der Waals surface area contributed by atoms with Crippen LogP contribution in [0.3, 0.4) is 0 Å². The zero-order valence-corrected chi connectivity index (χ0v) is 18.4. The van der Waals surface area contributed by atoms with Gasteiger partial charge in [-0.3, -0.25) is 4.57 Å². The summed E-state index contributed by atoms with van der Waals surface area (Å²) in [5.41, 5.74) is 1.89. The molecule has 0 fully saturated rings. The van der Waals surface area contributed by atoms with E-state index in [4.69, 9.17) is 16.3 Å². The molecule has 11 heteroatoms. The Labute approximate surface area is 192 Å². The van der Waals surface area contributed by atoms with Gasteiger partial charge >= 0.3 is 0 Å². The van der Waals surface area contributed by atoms with Crippen LogP contribution in [0.4, 0.5) is 26.2 Å². The Morgan fingerprint density at radius 3 is 2.55 bits per heavy atom. The van der Waals surface area contributed by atoms with Crippen molar-refractivity contribution >= 4 is 29.1 Å². The van der Waals surface area contributed by atoms with Crippen molar-refractivity contribution in [2.75, 3.05) is 23.9 Å². The van der Waals surface area contributed by atoms with Crippen LogP contribution in [-0.4, -0.2) is 38.2 Å². The number of imidazole rings is 1. The van der Waals surface area contributed by atoms with Crippen LogP contribution in [0, 0.1) is 18.6 Å². The van der Waals surface area contributed by atoms with Gasteiger partial charge in [0.25, 0.3) is 0 Å². The molecule has 1 aliphatic heterocycles. The van der Waals surface area contributed by atoms with E-state index in [1.54, 1.807) is 41.3 Å². The van der Waals surface area contributed by atoms with Gasteiger partial charge in [-0.1, -0.05) is 11.6 Å². The van der Waals surface area contributed by atoms with Gasteiger partial charge in [0, 0.05) is 19.3 Å². The molecule has 8 nitrogen and oxygen atoms in total. The average molecular weight is 470 g/mol. The Morgan fingerprint density at radius 1 is 1.06 bits per heavy atom. The quantitative estimate of drug-likeness (QED) is 0.467. The van der Waals surface area contributed by atoms with Crippen molar-refractivity contribution in [2.24, 2.45) is 0 Å². The molecule has 3 aromatic heterocycles. The standard InChI is InChI=1S/C22H18ClF2N7O/c1-12-9-32(11-28-12)20-17(23)6-16(7-26-20)29-22-27-8-19-21(30-22)31(2)18(10-33-19)13-3-14(24)5-15(25)4-13/h3-9,11,18H,10H2,1-2H3,(H,27,29,30). The highest BCUT2D eigenvalue weighted by atomic mass is 35.5. The van der Waals surface area contributed by atoms with E-state index >= 15 is 0 Å². The number of hydrogen-bond acceptors (Lipinski definition) is 7. The van der Waals surface area contributed by atoms with Crippen molar-refractivity contribution in [3.63, 3.8) is 0 Å². The zero-order chi connectivity index (χ0) is 23.1. The van der Waals surface area contributed by atoms with Crippen molar-refractivity contribution in [3.8, 4) is 11.6 Å². The monoisotopic (exact) mass is 469 g/mol. The summed E-state index contributed by atoms with van der Waals surface area (Å²) in [4.78, 5) is 19.2. The number of aryl methyl sites for hydroxylation is 1. The Hall–Kier alpha value is -3.79. The summed E-state index contributed by atoms with van der Waals surface area (Å²) in [6, 6.07) is 4.70. The number of benzene rings is 1. The number of nitrogens with one attached hydrogen (secondary N) is 1. The fourth-order valence-corrected chi connectivity index (χ4v) is 3.91. The molecule has 33 heavy (non-hydrogen) atoms. The van der Waals surface area contributed by atoms with Crippen LogP contribution < -0.4 is 15.0 Å². The maximum atomic E-state index is 13.7. The molecule has 0 bridgehead atoms. The molecule has 0 saturated heterocycles. The van der Waals surface area contributed by atoms with E-state index in [0.717, 1.165) is 11.8 Å². The minimum absolute atomic E-state index is 0.206. The summed E-state index contributed by atoms with van der Waals surface area (Å²) >= 11 is 6.41. The van der Waals surface area contributed by atoms with Crippen LogP contribution in [0.5, 0.6) is 5.75 Å². The van der Waals surface area contributed by atoms with Gasteiger partial charge in [0.05, 0.1) is 34.8 Å². The van der Waals surface area contributed by atoms with Gasteiger partial charge in [0.1, 0.15) is 24.6 Å². The molecular formula is C22H18ClF2N7O. The minimum atomic E-state index is -0.645. The number of aromatic nitrogens is 5. The molecular weight excluding hydrogens is 452 g/mol. The van der Waals surface area contributed by atoms with Crippen LogP contribution in [0.1, 0.15) is 17.3 Å². The SMILES string of the molecule is Cc1cn(-c2ncc(Nc3ncc4c(n3)N(C)C(c3cc(F)cc(F)c3)CO4)cc2Cl)cn1. The van der Waals surface area contributed by atoms with Crippen LogP contribution in [0.15, 0.2) is 49.2 Å². The molecule has 1 unspecified atom stereocenters. The van der Waals surface area contributed by atoms with E-state index in [-0.39, 0.29) is 6.61 Å². The van der Waals surface area contributed by atoms with Crippen LogP contribution >= 0.6 is 11.6 Å². The molecule has 0 radical (unpaired) electrons. The van der Waals surface area contributed by atoms with Crippen molar-refractivity contribution in [1.82, 2.24) is 24.5 Å². The molecule has 0 saturated carbocycles. The van der Waals surface area contributed by atoms with Crippen molar-refractivity contribution in [2.45, 2.75) is 13.0 Å². The first-order valence-electron chi connectivity index (χ1n) is 9.99. The highest BCUT2D eigenvalue weighted by Gasteiger charge is 2.29. The molecule has 0 spiro atoms. The maximum absolute atomic E-state index is 13.7. The summed E-state index contributed by atoms with van der Waals surface area (Å²) in [5, 5.41) is 3.50. The number of nitrogens with zero attached hydrogens (tertiary/aromatic N) is 6. The lowest BCUT2D eigenvalue weighted by Gasteiger charge is -2.35. The van der Waals surface area contributed by atoms with Crippen molar-refractivity contribution < 1.29 is 13.5 Å². The zero-order valence-electron chi connectivity index (χ0n) is 17.6. The number of pyridine rings is 1. The topological polar surface area (TPSA) is 81.0 Å². The summed E-state index contributed by atoms with van der Waals surface area (Å²) in [7, 11) is 1.78. The maximum Gasteiger partial charge on any atom is 0.229 e. The molecule has 1 aromatic carbocycles. The first kappa shape index (κ1) is 21.1. The van der Waals surface area contributed by atoms with E-state index in [1.807, 2.05) is 13.1 Å². The number of hydrogen-bond donors (Lipinski definition) is 1. The van der Waals surface area contributed by atoms with Crippen molar-refractivity contribution in [1.29, 1.82) is 0 Å². The Morgan fingerprint density at radius 2 is 1.85 bits per heavy atom. The second kappa shape index (κ2) is 8.28. The number of likely N-dealkylation sites (N-methyl/N-ethyl adjacent to an activating group) is 1. The third-order valence-electron chi connectivity index (χ3n) is 5.24. The summed E-state index contributed by atoms with van der Waals surface area (Å²) < 4.78 is 34.9. The van der Waals surface area contributed by atoms with Gasteiger partial charge < -0.3 is 15.0 Å². The van der Waals surface area contributed by atoms with Crippen LogP contribution in [-0.2, 0) is 0 Å². The summed E-state index contributed by atoms with van der Waals surface area (Å²) in [5.74, 6) is 0.504. The molecule has 1 aliphatic rings. The van der Waals surface area contributed by atoms with Gasteiger partial charge in [0.2, 0.25) is 5.95 Å². The third-order valence-corrected chi connectivity index (χ3v) is 5.52. The number of rotatable bonds is 4. The smallest absolute Gasteiger partial charge is 0.229 e. The van der Waals surface area contributed by atoms with Gasteiger partial charge in [-0.2, -0.15) is 4.98 Å². The second-order valence-corrected chi connectivity index (χ2v) is 8.01. The highest BCUT2D eigenvalue weighted by molar-refractivity contribution is 6.32. The summed E-state index contributed by atoms with van der Waals surface area (Å²) in [6.07, 6.45) is 6.61. The van der Waals surface area contributed by atoms with Crippen LogP contribution in [0.2, 0.25) is 5.02 Å². The molecule has 0 amide bonds. The first-order valence-corrected chi connectivity index (χ1v) is 10.4. The predicted molar refractivity (Wildman–Crippen MR) is 119 cm³/mol. The summed E-state index contributed by atoms with van der Waals surface area (Å²) in [6.45, 7) is 2.08. The van der Waals surface area contributed by atoms with E-state index in [9.17, 15) is 8.78 Å². The predicted octanol–water partition coefficient (Wildman–Crippen LogP) is 4.61. The third kappa shape index (κ3) is 4.17. The minimum Gasteiger partial charge on any atom is -0.486 e. The van der Waals surface area contributed by atoms with Gasteiger partial charge in [-0.25, -0.2) is 23.7 Å². The molecule has 168 valence electrons. The van der Waals surface area contributed by atoms with Crippen LogP contribution in [0.25, 0.3) is 5.82 Å². The first-order chi connectivity index (χ1) is 15.9. The van der Waals surface area contributed by atoms with Crippen molar-refractivity contribution in [3.05, 3.63) is 77.1 Å². The molecule has 4 heterocycles. The Balaban J connectivity index is 1.40. The number of halogens is 3. The fraction of sp³-hybridized carbons (Fsp3) is 0.182. The molecule has 4 aromatic rings. The van der Waals surface area contributed by atoms with Gasteiger partial charge in [-0.15, -0.1) is 0 Å². The molecule has 1 atom stereocenters. The largest absolute Gasteiger partial charge is 0.486 e. The number of anilines is 3. The number of ether oxygens (including phenoxy) is 1. The highest BCUT2D eigenvalue weighted by Crippen LogP contribution is 2.37. The lowest BCUT2D eigenvalue weighted by atomic mass is 10.0. The van der Waals surface area contributed by atoms with Gasteiger partial charge in [-0.05, 0) is 30.7 Å². The van der Waals surface area contributed by atoms with Gasteiger partial charge in [0.15, 0.2) is 17.4 Å². The fourth-order valence-electron chi connectivity index (χ4n) is 3.65.